The lowest BCUT2D eigenvalue weighted by Gasteiger charge is -2.10. The highest BCUT2D eigenvalue weighted by molar-refractivity contribution is 6.30. The van der Waals surface area contributed by atoms with Crippen LogP contribution in [-0.4, -0.2) is 4.92 Å². The van der Waals surface area contributed by atoms with E-state index in [2.05, 4.69) is 5.32 Å². The maximum Gasteiger partial charge on any atom is 0.305 e. The lowest BCUT2D eigenvalue weighted by molar-refractivity contribution is -0.387. The zero-order chi connectivity index (χ0) is 16.6. The molecule has 1 N–H and O–H groups in total. The van der Waals surface area contributed by atoms with Gasteiger partial charge in [-0.25, -0.2) is 4.39 Å². The molecule has 0 aliphatic rings. The van der Waals surface area contributed by atoms with Crippen molar-refractivity contribution in [1.29, 1.82) is 0 Å². The van der Waals surface area contributed by atoms with Gasteiger partial charge in [-0.05, 0) is 35.7 Å². The quantitative estimate of drug-likeness (QED) is 0.513. The fourth-order valence-electron chi connectivity index (χ4n) is 2.26. The van der Waals surface area contributed by atoms with Gasteiger partial charge in [0.15, 0.2) is 0 Å². The molecule has 0 bridgehead atoms. The van der Waals surface area contributed by atoms with Crippen molar-refractivity contribution in [2.45, 2.75) is 0 Å². The molecule has 0 aliphatic carbocycles. The molecule has 4 nitrogen and oxygen atoms in total. The summed E-state index contributed by atoms with van der Waals surface area (Å²) in [6.45, 7) is 0. The van der Waals surface area contributed by atoms with Gasteiger partial charge in [0.05, 0.1) is 9.95 Å². The van der Waals surface area contributed by atoms with Crippen LogP contribution in [0.1, 0.15) is 0 Å². The van der Waals surface area contributed by atoms with Crippen LogP contribution in [0.2, 0.25) is 5.02 Å². The minimum atomic E-state index is -0.905. The second kappa shape index (κ2) is 5.81. The Kier molecular flexibility index (Phi) is 3.83. The number of hydrogen-bond acceptors (Lipinski definition) is 3. The highest BCUT2D eigenvalue weighted by Crippen LogP contribution is 2.32. The maximum atomic E-state index is 13.7. The van der Waals surface area contributed by atoms with Gasteiger partial charge in [0.2, 0.25) is 5.82 Å². The molecule has 0 unspecified atom stereocenters. The highest BCUT2D eigenvalue weighted by Gasteiger charge is 2.16. The van der Waals surface area contributed by atoms with E-state index in [1.54, 1.807) is 24.3 Å². The third-order valence-electron chi connectivity index (χ3n) is 3.34. The van der Waals surface area contributed by atoms with Crippen molar-refractivity contribution in [2.75, 3.05) is 5.32 Å². The molecule has 23 heavy (non-hydrogen) atoms. The fraction of sp³-hybridized carbons (Fsp3) is 0. The van der Waals surface area contributed by atoms with Crippen LogP contribution < -0.4 is 5.32 Å². The Balaban J connectivity index is 2.11. The van der Waals surface area contributed by atoms with E-state index in [0.717, 1.165) is 12.1 Å². The van der Waals surface area contributed by atoms with Gasteiger partial charge in [0.1, 0.15) is 5.82 Å². The Morgan fingerprint density at radius 2 is 1.83 bits per heavy atom. The molecular formula is C16H9ClF2N2O2. The van der Waals surface area contributed by atoms with Gasteiger partial charge >= 0.3 is 5.69 Å². The van der Waals surface area contributed by atoms with E-state index in [9.17, 15) is 18.9 Å². The topological polar surface area (TPSA) is 55.2 Å². The number of benzene rings is 3. The summed E-state index contributed by atoms with van der Waals surface area (Å²) in [5, 5.41) is 14.8. The summed E-state index contributed by atoms with van der Waals surface area (Å²) in [6, 6.07) is 11.4. The third kappa shape index (κ3) is 2.93. The smallest absolute Gasteiger partial charge is 0.305 e. The Labute approximate surface area is 134 Å². The van der Waals surface area contributed by atoms with Crippen molar-refractivity contribution in [3.8, 4) is 0 Å². The first-order chi connectivity index (χ1) is 11.0. The number of rotatable bonds is 3. The molecule has 0 saturated carbocycles. The molecule has 3 rings (SSSR count). The molecule has 0 heterocycles. The summed E-state index contributed by atoms with van der Waals surface area (Å²) in [5.74, 6) is -1.49. The number of nitrogens with zero attached hydrogens (tertiary/aromatic N) is 1. The minimum absolute atomic E-state index is 0.00817. The number of nitro groups is 1. The Bertz CT molecular complexity index is 931. The second-order valence-electron chi connectivity index (χ2n) is 4.84. The molecule has 0 aliphatic heterocycles. The molecule has 3 aromatic rings. The number of nitro benzene ring substituents is 1. The predicted molar refractivity (Wildman–Crippen MR) is 85.3 cm³/mol. The van der Waals surface area contributed by atoms with Crippen molar-refractivity contribution in [1.82, 2.24) is 0 Å². The molecule has 0 fully saturated rings. The van der Waals surface area contributed by atoms with Crippen LogP contribution in [0.4, 0.5) is 25.8 Å². The standard InChI is InChI=1S/C16H9ClF2N2O2/c17-12-5-4-10(7-13(12)18)20-15-3-1-2-9-6-14(19)16(21(22)23)8-11(9)15/h1-8,20H. The zero-order valence-electron chi connectivity index (χ0n) is 11.5. The van der Waals surface area contributed by atoms with Gasteiger partial charge in [-0.1, -0.05) is 23.7 Å². The number of anilines is 2. The molecule has 0 radical (unpaired) electrons. The summed E-state index contributed by atoms with van der Waals surface area (Å²) in [4.78, 5) is 10.1. The molecule has 0 spiro atoms. The molecule has 3 aromatic carbocycles. The summed E-state index contributed by atoms with van der Waals surface area (Å²) >= 11 is 5.63. The second-order valence-corrected chi connectivity index (χ2v) is 5.25. The van der Waals surface area contributed by atoms with Crippen LogP contribution in [0.5, 0.6) is 0 Å². The van der Waals surface area contributed by atoms with E-state index in [1.807, 2.05) is 0 Å². The number of halogens is 3. The molecule has 0 aromatic heterocycles. The monoisotopic (exact) mass is 334 g/mol. The number of nitrogens with one attached hydrogen (secondary N) is 1. The lowest BCUT2D eigenvalue weighted by atomic mass is 10.1. The van der Waals surface area contributed by atoms with Crippen molar-refractivity contribution < 1.29 is 13.7 Å². The van der Waals surface area contributed by atoms with E-state index in [1.165, 1.54) is 12.1 Å². The summed E-state index contributed by atoms with van der Waals surface area (Å²) in [6.07, 6.45) is 0. The summed E-state index contributed by atoms with van der Waals surface area (Å²) < 4.78 is 27.2. The van der Waals surface area contributed by atoms with Crippen LogP contribution in [0, 0.1) is 21.7 Å². The number of hydrogen-bond donors (Lipinski definition) is 1. The largest absolute Gasteiger partial charge is 0.355 e. The van der Waals surface area contributed by atoms with Crippen molar-refractivity contribution >= 4 is 39.4 Å². The summed E-state index contributed by atoms with van der Waals surface area (Å²) in [5.41, 5.74) is 0.299. The highest BCUT2D eigenvalue weighted by atomic mass is 35.5. The SMILES string of the molecule is O=[N+]([O-])c1cc2c(Nc3ccc(Cl)c(F)c3)cccc2cc1F. The lowest BCUT2D eigenvalue weighted by Crippen LogP contribution is -1.96. The molecule has 0 saturated heterocycles. The van der Waals surface area contributed by atoms with E-state index in [0.29, 0.717) is 22.1 Å². The van der Waals surface area contributed by atoms with Gasteiger partial charge in [-0.2, -0.15) is 4.39 Å². The normalized spacial score (nSPS) is 10.7. The molecule has 0 amide bonds. The molecular weight excluding hydrogens is 326 g/mol. The van der Waals surface area contributed by atoms with E-state index in [4.69, 9.17) is 11.6 Å². The predicted octanol–water partition coefficient (Wildman–Crippen LogP) is 5.42. The van der Waals surface area contributed by atoms with Crippen molar-refractivity contribution in [2.24, 2.45) is 0 Å². The van der Waals surface area contributed by atoms with Crippen LogP contribution >= 0.6 is 11.6 Å². The van der Waals surface area contributed by atoms with E-state index in [-0.39, 0.29) is 5.02 Å². The zero-order valence-corrected chi connectivity index (χ0v) is 12.3. The number of fused-ring (bicyclic) bond motifs is 1. The third-order valence-corrected chi connectivity index (χ3v) is 3.65. The van der Waals surface area contributed by atoms with Gasteiger partial charge in [0, 0.05) is 22.8 Å². The van der Waals surface area contributed by atoms with Crippen LogP contribution in [0.25, 0.3) is 10.8 Å². The first-order valence-electron chi connectivity index (χ1n) is 6.54. The maximum absolute atomic E-state index is 13.7. The average Bonchev–Trinajstić information content (AvgIpc) is 2.50. The van der Waals surface area contributed by atoms with Gasteiger partial charge < -0.3 is 5.32 Å². The molecule has 116 valence electrons. The van der Waals surface area contributed by atoms with Crippen LogP contribution in [0.15, 0.2) is 48.5 Å². The van der Waals surface area contributed by atoms with Crippen molar-refractivity contribution in [3.63, 3.8) is 0 Å². The van der Waals surface area contributed by atoms with Crippen molar-refractivity contribution in [3.05, 3.63) is 75.3 Å². The average molecular weight is 335 g/mol. The van der Waals surface area contributed by atoms with Gasteiger partial charge in [-0.3, -0.25) is 10.1 Å². The first kappa shape index (κ1) is 15.2. The molecule has 7 heteroatoms. The van der Waals surface area contributed by atoms with E-state index >= 15 is 0 Å². The van der Waals surface area contributed by atoms with E-state index < -0.39 is 22.2 Å². The summed E-state index contributed by atoms with van der Waals surface area (Å²) in [7, 11) is 0. The Hall–Kier alpha value is -2.73. The van der Waals surface area contributed by atoms with Gasteiger partial charge in [-0.15, -0.1) is 0 Å². The molecule has 0 atom stereocenters. The Morgan fingerprint density at radius 1 is 1.04 bits per heavy atom. The van der Waals surface area contributed by atoms with Crippen LogP contribution in [-0.2, 0) is 0 Å². The fourth-order valence-corrected chi connectivity index (χ4v) is 2.38. The van der Waals surface area contributed by atoms with Gasteiger partial charge in [0.25, 0.3) is 0 Å². The van der Waals surface area contributed by atoms with Crippen LogP contribution in [0.3, 0.4) is 0 Å². The minimum Gasteiger partial charge on any atom is -0.355 e. The Morgan fingerprint density at radius 3 is 2.52 bits per heavy atom. The first-order valence-corrected chi connectivity index (χ1v) is 6.92.